The first-order valence-corrected chi connectivity index (χ1v) is 7.29. The van der Waals surface area contributed by atoms with Gasteiger partial charge in [-0.3, -0.25) is 4.79 Å². The molecule has 0 saturated carbocycles. The van der Waals surface area contributed by atoms with Gasteiger partial charge in [0.15, 0.2) is 0 Å². The Morgan fingerprint density at radius 1 is 1.50 bits per heavy atom. The molecule has 1 N–H and O–H groups in total. The fraction of sp³-hybridized carbons (Fsp3) is 0.600. The largest absolute Gasteiger partial charge is 0.375 e. The molecule has 1 saturated heterocycles. The zero-order valence-corrected chi connectivity index (χ0v) is 12.5. The van der Waals surface area contributed by atoms with Gasteiger partial charge in [-0.1, -0.05) is 6.92 Å². The summed E-state index contributed by atoms with van der Waals surface area (Å²) in [6, 6.07) is 3.73. The molecule has 2 rings (SSSR count). The Morgan fingerprint density at radius 3 is 2.95 bits per heavy atom. The van der Waals surface area contributed by atoms with E-state index in [4.69, 9.17) is 4.74 Å². The van der Waals surface area contributed by atoms with E-state index in [0.29, 0.717) is 25.3 Å². The lowest BCUT2D eigenvalue weighted by Crippen LogP contribution is -2.44. The lowest BCUT2D eigenvalue weighted by molar-refractivity contribution is -0.0124. The zero-order chi connectivity index (χ0) is 14.5. The van der Waals surface area contributed by atoms with Crippen LogP contribution in [0.25, 0.3) is 0 Å². The molecule has 1 fully saturated rings. The topological polar surface area (TPSA) is 54.5 Å². The molecular formula is C15H23N3O2. The number of carbonyl (C=O) groups excluding carboxylic acids is 1. The lowest BCUT2D eigenvalue weighted by Gasteiger charge is -2.31. The minimum Gasteiger partial charge on any atom is -0.375 e. The van der Waals surface area contributed by atoms with Crippen molar-refractivity contribution in [2.75, 3.05) is 31.6 Å². The van der Waals surface area contributed by atoms with Crippen LogP contribution in [0.2, 0.25) is 0 Å². The predicted molar refractivity (Wildman–Crippen MR) is 79.1 cm³/mol. The van der Waals surface area contributed by atoms with Crippen molar-refractivity contribution >= 4 is 11.7 Å². The van der Waals surface area contributed by atoms with Crippen molar-refractivity contribution in [3.63, 3.8) is 0 Å². The number of nitrogens with one attached hydrogen (secondary N) is 1. The van der Waals surface area contributed by atoms with Gasteiger partial charge in [0, 0.05) is 30.9 Å². The van der Waals surface area contributed by atoms with Crippen molar-refractivity contribution in [2.45, 2.75) is 33.3 Å². The van der Waals surface area contributed by atoms with E-state index in [-0.39, 0.29) is 12.0 Å². The van der Waals surface area contributed by atoms with Gasteiger partial charge in [0.05, 0.1) is 12.7 Å². The number of hydrogen-bond donors (Lipinski definition) is 1. The van der Waals surface area contributed by atoms with E-state index in [1.54, 1.807) is 0 Å². The van der Waals surface area contributed by atoms with E-state index < -0.39 is 0 Å². The summed E-state index contributed by atoms with van der Waals surface area (Å²) in [4.78, 5) is 18.9. The smallest absolute Gasteiger partial charge is 0.254 e. The second kappa shape index (κ2) is 6.70. The van der Waals surface area contributed by atoms with Crippen molar-refractivity contribution in [1.82, 2.24) is 9.88 Å². The molecule has 0 bridgehead atoms. The van der Waals surface area contributed by atoms with Gasteiger partial charge in [0.25, 0.3) is 5.91 Å². The average Bonchev–Trinajstić information content (AvgIpc) is 2.46. The molecule has 0 radical (unpaired) electrons. The van der Waals surface area contributed by atoms with Crippen molar-refractivity contribution < 1.29 is 9.53 Å². The SMILES string of the molecule is CCNc1cc(C(=O)N2CCOC(C)C2)cc(CC)n1. The van der Waals surface area contributed by atoms with Crippen LogP contribution in [-0.2, 0) is 11.2 Å². The van der Waals surface area contributed by atoms with Gasteiger partial charge in [-0.2, -0.15) is 0 Å². The maximum absolute atomic E-state index is 12.6. The first kappa shape index (κ1) is 14.8. The summed E-state index contributed by atoms with van der Waals surface area (Å²) in [5, 5.41) is 3.18. The number of pyridine rings is 1. The fourth-order valence-electron chi connectivity index (χ4n) is 2.35. The van der Waals surface area contributed by atoms with Gasteiger partial charge in [0.2, 0.25) is 0 Å². The third-order valence-corrected chi connectivity index (χ3v) is 3.37. The minimum atomic E-state index is 0.0661. The Labute approximate surface area is 120 Å². The monoisotopic (exact) mass is 277 g/mol. The number of amides is 1. The normalized spacial score (nSPS) is 18.9. The Bertz CT molecular complexity index is 476. The van der Waals surface area contributed by atoms with E-state index in [9.17, 15) is 4.79 Å². The van der Waals surface area contributed by atoms with Crippen LogP contribution in [0.3, 0.4) is 0 Å². The zero-order valence-electron chi connectivity index (χ0n) is 12.5. The summed E-state index contributed by atoms with van der Waals surface area (Å²) in [6.45, 7) is 8.77. The van der Waals surface area contributed by atoms with E-state index >= 15 is 0 Å². The Morgan fingerprint density at radius 2 is 2.30 bits per heavy atom. The highest BCUT2D eigenvalue weighted by Gasteiger charge is 2.23. The van der Waals surface area contributed by atoms with Crippen molar-refractivity contribution in [1.29, 1.82) is 0 Å². The number of hydrogen-bond acceptors (Lipinski definition) is 4. The second-order valence-electron chi connectivity index (χ2n) is 5.05. The second-order valence-corrected chi connectivity index (χ2v) is 5.05. The summed E-state index contributed by atoms with van der Waals surface area (Å²) in [7, 11) is 0. The third kappa shape index (κ3) is 3.48. The summed E-state index contributed by atoms with van der Waals surface area (Å²) in [6.07, 6.45) is 0.923. The highest BCUT2D eigenvalue weighted by molar-refractivity contribution is 5.95. The van der Waals surface area contributed by atoms with Gasteiger partial charge in [0.1, 0.15) is 5.82 Å². The van der Waals surface area contributed by atoms with Crippen LogP contribution in [0.4, 0.5) is 5.82 Å². The minimum absolute atomic E-state index is 0.0661. The molecular weight excluding hydrogens is 254 g/mol. The summed E-state index contributed by atoms with van der Waals surface area (Å²) >= 11 is 0. The molecule has 5 nitrogen and oxygen atoms in total. The van der Waals surface area contributed by atoms with Gasteiger partial charge in [-0.25, -0.2) is 4.98 Å². The number of rotatable bonds is 4. The number of aromatic nitrogens is 1. The van der Waals surface area contributed by atoms with Crippen LogP contribution in [-0.4, -0.2) is 48.1 Å². The van der Waals surface area contributed by atoms with E-state index in [0.717, 1.165) is 24.5 Å². The fourth-order valence-corrected chi connectivity index (χ4v) is 2.35. The van der Waals surface area contributed by atoms with Crippen molar-refractivity contribution in [2.24, 2.45) is 0 Å². The maximum Gasteiger partial charge on any atom is 0.254 e. The summed E-state index contributed by atoms with van der Waals surface area (Å²) in [5.74, 6) is 0.841. The molecule has 1 amide bonds. The summed E-state index contributed by atoms with van der Waals surface area (Å²) < 4.78 is 5.48. The van der Waals surface area contributed by atoms with Crippen LogP contribution in [0.5, 0.6) is 0 Å². The predicted octanol–water partition coefficient (Wildman–Crippen LogP) is 1.94. The van der Waals surface area contributed by atoms with Crippen LogP contribution in [0.1, 0.15) is 36.8 Å². The van der Waals surface area contributed by atoms with Crippen molar-refractivity contribution in [3.05, 3.63) is 23.4 Å². The van der Waals surface area contributed by atoms with Gasteiger partial charge in [-0.15, -0.1) is 0 Å². The Hall–Kier alpha value is -1.62. The lowest BCUT2D eigenvalue weighted by atomic mass is 10.1. The molecule has 1 atom stereocenters. The molecule has 1 aromatic heterocycles. The van der Waals surface area contributed by atoms with Crippen LogP contribution in [0.15, 0.2) is 12.1 Å². The van der Waals surface area contributed by atoms with E-state index in [2.05, 4.69) is 10.3 Å². The molecule has 5 heteroatoms. The highest BCUT2D eigenvalue weighted by Crippen LogP contribution is 2.15. The molecule has 20 heavy (non-hydrogen) atoms. The van der Waals surface area contributed by atoms with Gasteiger partial charge >= 0.3 is 0 Å². The van der Waals surface area contributed by atoms with Crippen LogP contribution >= 0.6 is 0 Å². The van der Waals surface area contributed by atoms with Crippen molar-refractivity contribution in [3.8, 4) is 0 Å². The Kier molecular flexibility index (Phi) is 4.95. The first-order valence-electron chi connectivity index (χ1n) is 7.29. The molecule has 0 spiro atoms. The standard InChI is InChI=1S/C15H23N3O2/c1-4-13-8-12(9-14(17-13)16-5-2)15(19)18-6-7-20-11(3)10-18/h8-9,11H,4-7,10H2,1-3H3,(H,16,17). The van der Waals surface area contributed by atoms with Crippen LogP contribution < -0.4 is 5.32 Å². The van der Waals surface area contributed by atoms with Crippen LogP contribution in [0, 0.1) is 0 Å². The molecule has 0 aliphatic carbocycles. The molecule has 1 unspecified atom stereocenters. The third-order valence-electron chi connectivity index (χ3n) is 3.37. The molecule has 2 heterocycles. The Balaban J connectivity index is 2.21. The van der Waals surface area contributed by atoms with E-state index in [1.807, 2.05) is 37.8 Å². The van der Waals surface area contributed by atoms with Gasteiger partial charge < -0.3 is 15.0 Å². The number of anilines is 1. The number of nitrogens with zero attached hydrogens (tertiary/aromatic N) is 2. The quantitative estimate of drug-likeness (QED) is 0.914. The highest BCUT2D eigenvalue weighted by atomic mass is 16.5. The first-order chi connectivity index (χ1) is 9.63. The maximum atomic E-state index is 12.6. The number of aryl methyl sites for hydroxylation is 1. The molecule has 1 aliphatic rings. The summed E-state index contributed by atoms with van der Waals surface area (Å²) in [5.41, 5.74) is 1.65. The molecule has 1 aliphatic heterocycles. The number of ether oxygens (including phenoxy) is 1. The average molecular weight is 277 g/mol. The number of carbonyl (C=O) groups is 1. The molecule has 110 valence electrons. The van der Waals surface area contributed by atoms with Gasteiger partial charge in [-0.05, 0) is 32.4 Å². The molecule has 1 aromatic rings. The van der Waals surface area contributed by atoms with E-state index in [1.165, 1.54) is 0 Å². The molecule has 0 aromatic carbocycles. The number of morpholine rings is 1.